The van der Waals surface area contributed by atoms with E-state index in [9.17, 15) is 0 Å². The average molecular weight is 224 g/mol. The van der Waals surface area contributed by atoms with Crippen LogP contribution in [-0.4, -0.2) is 36.6 Å². The van der Waals surface area contributed by atoms with Crippen molar-refractivity contribution in [1.82, 2.24) is 10.2 Å². The molecule has 0 bridgehead atoms. The highest BCUT2D eigenvalue weighted by Gasteiger charge is 2.29. The first-order valence-corrected chi connectivity index (χ1v) is 7.32. The first-order chi connectivity index (χ1) is 7.85. The second-order valence-electron chi connectivity index (χ2n) is 5.67. The minimum Gasteiger partial charge on any atom is -0.311 e. The van der Waals surface area contributed by atoms with E-state index in [1.807, 2.05) is 0 Å². The van der Waals surface area contributed by atoms with E-state index in [0.29, 0.717) is 5.54 Å². The Morgan fingerprint density at radius 2 is 1.88 bits per heavy atom. The summed E-state index contributed by atoms with van der Waals surface area (Å²) in [5, 5.41) is 3.80. The molecule has 1 atom stereocenters. The molecule has 0 amide bonds. The number of hydrogen-bond donors (Lipinski definition) is 1. The highest BCUT2D eigenvalue weighted by molar-refractivity contribution is 4.90. The van der Waals surface area contributed by atoms with E-state index in [1.54, 1.807) is 0 Å². The Morgan fingerprint density at radius 3 is 2.50 bits per heavy atom. The molecule has 0 radical (unpaired) electrons. The number of hydrogen-bond acceptors (Lipinski definition) is 2. The van der Waals surface area contributed by atoms with Gasteiger partial charge in [0.05, 0.1) is 0 Å². The molecule has 0 aromatic rings. The van der Waals surface area contributed by atoms with Gasteiger partial charge in [-0.3, -0.25) is 0 Å². The fraction of sp³-hybridized carbons (Fsp3) is 1.00. The summed E-state index contributed by atoms with van der Waals surface area (Å²) in [5.41, 5.74) is 0.482. The first-order valence-electron chi connectivity index (χ1n) is 7.32. The molecule has 1 N–H and O–H groups in total. The van der Waals surface area contributed by atoms with Crippen molar-refractivity contribution in [2.75, 3.05) is 26.2 Å². The quantitative estimate of drug-likeness (QED) is 0.790. The molecular formula is C14H28N2. The van der Waals surface area contributed by atoms with Crippen LogP contribution in [-0.2, 0) is 0 Å². The summed E-state index contributed by atoms with van der Waals surface area (Å²) in [6, 6.07) is 0. The van der Waals surface area contributed by atoms with E-state index in [2.05, 4.69) is 17.1 Å². The molecule has 2 heteroatoms. The van der Waals surface area contributed by atoms with E-state index in [0.717, 1.165) is 0 Å². The normalized spacial score (nSPS) is 32.8. The molecule has 0 spiro atoms. The molecule has 0 aliphatic carbocycles. The van der Waals surface area contributed by atoms with Crippen LogP contribution in [0.25, 0.3) is 0 Å². The molecule has 2 rings (SSSR count). The molecule has 2 heterocycles. The zero-order chi connectivity index (χ0) is 11.3. The number of nitrogens with zero attached hydrogens (tertiary/aromatic N) is 1. The number of likely N-dealkylation sites (tertiary alicyclic amines) is 1. The fourth-order valence-electron chi connectivity index (χ4n) is 3.28. The van der Waals surface area contributed by atoms with Crippen molar-refractivity contribution in [3.05, 3.63) is 0 Å². The molecule has 94 valence electrons. The van der Waals surface area contributed by atoms with Crippen molar-refractivity contribution >= 4 is 0 Å². The Bertz CT molecular complexity index is 191. The van der Waals surface area contributed by atoms with E-state index < -0.39 is 0 Å². The van der Waals surface area contributed by atoms with Gasteiger partial charge < -0.3 is 10.2 Å². The highest BCUT2D eigenvalue weighted by Crippen LogP contribution is 2.27. The molecular weight excluding hydrogens is 196 g/mol. The van der Waals surface area contributed by atoms with Crippen molar-refractivity contribution in [3.63, 3.8) is 0 Å². The predicted octanol–water partition coefficient (Wildman–Crippen LogP) is 2.78. The number of rotatable bonds is 4. The number of piperidine rings is 2. The van der Waals surface area contributed by atoms with Gasteiger partial charge in [-0.2, -0.15) is 0 Å². The average Bonchev–Trinajstić information content (AvgIpc) is 2.39. The van der Waals surface area contributed by atoms with E-state index in [4.69, 9.17) is 0 Å². The molecule has 16 heavy (non-hydrogen) atoms. The lowest BCUT2D eigenvalue weighted by Gasteiger charge is -2.40. The zero-order valence-electron chi connectivity index (χ0n) is 10.9. The zero-order valence-corrected chi connectivity index (χ0v) is 10.9. The van der Waals surface area contributed by atoms with Crippen molar-refractivity contribution in [3.8, 4) is 0 Å². The third kappa shape index (κ3) is 3.21. The van der Waals surface area contributed by atoms with Gasteiger partial charge in [-0.15, -0.1) is 0 Å². The Labute approximate surface area is 101 Å². The summed E-state index contributed by atoms with van der Waals surface area (Å²) < 4.78 is 0. The monoisotopic (exact) mass is 224 g/mol. The maximum absolute atomic E-state index is 3.80. The summed E-state index contributed by atoms with van der Waals surface area (Å²) in [5.74, 6) is 0. The van der Waals surface area contributed by atoms with Crippen LogP contribution < -0.4 is 5.32 Å². The van der Waals surface area contributed by atoms with Crippen molar-refractivity contribution < 1.29 is 0 Å². The molecule has 0 saturated carbocycles. The minimum atomic E-state index is 0.482. The van der Waals surface area contributed by atoms with Gasteiger partial charge in [-0.25, -0.2) is 0 Å². The van der Waals surface area contributed by atoms with Crippen LogP contribution in [0.4, 0.5) is 0 Å². The molecule has 2 nitrogen and oxygen atoms in total. The molecule has 0 aromatic heterocycles. The Hall–Kier alpha value is -0.0800. The lowest BCUT2D eigenvalue weighted by molar-refractivity contribution is 0.165. The van der Waals surface area contributed by atoms with Gasteiger partial charge in [0, 0.05) is 5.54 Å². The van der Waals surface area contributed by atoms with Gasteiger partial charge in [0.25, 0.3) is 0 Å². The van der Waals surface area contributed by atoms with Crippen molar-refractivity contribution in [2.24, 2.45) is 0 Å². The summed E-state index contributed by atoms with van der Waals surface area (Å²) in [7, 11) is 0. The van der Waals surface area contributed by atoms with Crippen LogP contribution in [0.3, 0.4) is 0 Å². The molecule has 0 aromatic carbocycles. The molecule has 2 aliphatic heterocycles. The van der Waals surface area contributed by atoms with Crippen LogP contribution in [0.1, 0.15) is 58.3 Å². The maximum Gasteiger partial charge on any atom is 0.0191 e. The third-order valence-corrected chi connectivity index (χ3v) is 4.61. The second kappa shape index (κ2) is 6.02. The van der Waals surface area contributed by atoms with Crippen LogP contribution in [0.2, 0.25) is 0 Å². The fourth-order valence-corrected chi connectivity index (χ4v) is 3.28. The standard InChI is InChI=1S/C14H28N2/c1-2-14(8-4-5-10-15-14)9-13-16-11-6-3-7-12-16/h15H,2-13H2,1H3. The largest absolute Gasteiger partial charge is 0.311 e. The SMILES string of the molecule is CCC1(CCN2CCCCC2)CCCCN1. The summed E-state index contributed by atoms with van der Waals surface area (Å²) in [6.45, 7) is 7.61. The Kier molecular flexibility index (Phi) is 4.66. The summed E-state index contributed by atoms with van der Waals surface area (Å²) >= 11 is 0. The topological polar surface area (TPSA) is 15.3 Å². The lowest BCUT2D eigenvalue weighted by Crippen LogP contribution is -2.50. The van der Waals surface area contributed by atoms with Crippen LogP contribution in [0, 0.1) is 0 Å². The summed E-state index contributed by atoms with van der Waals surface area (Å²) in [4.78, 5) is 2.68. The van der Waals surface area contributed by atoms with Crippen molar-refractivity contribution in [1.29, 1.82) is 0 Å². The minimum absolute atomic E-state index is 0.482. The van der Waals surface area contributed by atoms with Gasteiger partial charge in [-0.1, -0.05) is 19.8 Å². The van der Waals surface area contributed by atoms with Gasteiger partial charge in [0.1, 0.15) is 0 Å². The summed E-state index contributed by atoms with van der Waals surface area (Å²) in [6.07, 6.45) is 11.2. The predicted molar refractivity (Wildman–Crippen MR) is 69.8 cm³/mol. The Balaban J connectivity index is 1.77. The van der Waals surface area contributed by atoms with Crippen molar-refractivity contribution in [2.45, 2.75) is 63.8 Å². The number of nitrogens with one attached hydrogen (secondary N) is 1. The molecule has 2 aliphatic rings. The van der Waals surface area contributed by atoms with E-state index in [1.165, 1.54) is 77.5 Å². The van der Waals surface area contributed by atoms with Gasteiger partial charge in [0.15, 0.2) is 0 Å². The van der Waals surface area contributed by atoms with E-state index >= 15 is 0 Å². The van der Waals surface area contributed by atoms with Gasteiger partial charge >= 0.3 is 0 Å². The Morgan fingerprint density at radius 1 is 1.06 bits per heavy atom. The molecule has 2 saturated heterocycles. The van der Waals surface area contributed by atoms with Crippen LogP contribution >= 0.6 is 0 Å². The maximum atomic E-state index is 3.80. The molecule has 1 unspecified atom stereocenters. The third-order valence-electron chi connectivity index (χ3n) is 4.61. The molecule has 2 fully saturated rings. The first kappa shape index (κ1) is 12.4. The lowest BCUT2D eigenvalue weighted by atomic mass is 9.83. The highest BCUT2D eigenvalue weighted by atomic mass is 15.1. The van der Waals surface area contributed by atoms with Crippen LogP contribution in [0.5, 0.6) is 0 Å². The second-order valence-corrected chi connectivity index (χ2v) is 5.67. The van der Waals surface area contributed by atoms with Crippen LogP contribution in [0.15, 0.2) is 0 Å². The van der Waals surface area contributed by atoms with E-state index in [-0.39, 0.29) is 0 Å². The van der Waals surface area contributed by atoms with Gasteiger partial charge in [-0.05, 0) is 64.7 Å². The smallest absolute Gasteiger partial charge is 0.0191 e. The van der Waals surface area contributed by atoms with Gasteiger partial charge in [0.2, 0.25) is 0 Å².